The number of rotatable bonds is 4. The van der Waals surface area contributed by atoms with E-state index in [-0.39, 0.29) is 10.7 Å². The summed E-state index contributed by atoms with van der Waals surface area (Å²) in [6, 6.07) is 4.46. The molecule has 8 heteroatoms. The van der Waals surface area contributed by atoms with E-state index in [1.54, 1.807) is 12.3 Å². The van der Waals surface area contributed by atoms with Gasteiger partial charge in [0.1, 0.15) is 5.02 Å². The molecule has 0 aliphatic heterocycles. The fraction of sp³-hybridized carbons (Fsp3) is 0. The van der Waals surface area contributed by atoms with Gasteiger partial charge in [-0.2, -0.15) is 5.10 Å². The minimum atomic E-state index is -0.534. The van der Waals surface area contributed by atoms with E-state index in [1.807, 2.05) is 5.38 Å². The summed E-state index contributed by atoms with van der Waals surface area (Å²) < 4.78 is 0. The molecule has 0 spiro atoms. The van der Waals surface area contributed by atoms with Crippen LogP contribution in [-0.2, 0) is 0 Å². The van der Waals surface area contributed by atoms with Crippen molar-refractivity contribution >= 4 is 40.0 Å². The maximum Gasteiger partial charge on any atom is 0.288 e. The molecule has 0 bridgehead atoms. The van der Waals surface area contributed by atoms with E-state index in [1.165, 1.54) is 29.7 Å². The van der Waals surface area contributed by atoms with Crippen molar-refractivity contribution in [3.63, 3.8) is 0 Å². The molecule has 2 aromatic rings. The zero-order valence-corrected chi connectivity index (χ0v) is 10.5. The lowest BCUT2D eigenvalue weighted by atomic mass is 10.2. The van der Waals surface area contributed by atoms with Crippen molar-refractivity contribution in [3.8, 4) is 0 Å². The molecule has 1 heterocycles. The zero-order chi connectivity index (χ0) is 13.0. The Kier molecular flexibility index (Phi) is 3.85. The summed E-state index contributed by atoms with van der Waals surface area (Å²) >= 11 is 7.10. The van der Waals surface area contributed by atoms with E-state index < -0.39 is 4.92 Å². The highest BCUT2D eigenvalue weighted by Gasteiger charge is 2.11. The average molecular weight is 283 g/mol. The lowest BCUT2D eigenvalue weighted by molar-refractivity contribution is -0.384. The van der Waals surface area contributed by atoms with Crippen LogP contribution in [0, 0.1) is 10.1 Å². The van der Waals surface area contributed by atoms with E-state index in [0.29, 0.717) is 10.7 Å². The summed E-state index contributed by atoms with van der Waals surface area (Å²) in [6.07, 6.45) is 3.11. The third-order valence-corrected chi connectivity index (χ3v) is 2.97. The van der Waals surface area contributed by atoms with Gasteiger partial charge in [0.2, 0.25) is 5.13 Å². The van der Waals surface area contributed by atoms with Crippen LogP contribution in [0.2, 0.25) is 5.02 Å². The van der Waals surface area contributed by atoms with E-state index in [4.69, 9.17) is 11.6 Å². The molecule has 92 valence electrons. The molecule has 0 atom stereocenters. The number of anilines is 1. The van der Waals surface area contributed by atoms with Crippen molar-refractivity contribution in [2.45, 2.75) is 0 Å². The molecule has 1 aromatic heterocycles. The molecule has 2 rings (SSSR count). The van der Waals surface area contributed by atoms with Crippen molar-refractivity contribution in [2.75, 3.05) is 5.43 Å². The van der Waals surface area contributed by atoms with Gasteiger partial charge < -0.3 is 0 Å². The van der Waals surface area contributed by atoms with E-state index in [9.17, 15) is 10.1 Å². The molecule has 6 nitrogen and oxygen atoms in total. The van der Waals surface area contributed by atoms with Gasteiger partial charge in [0.05, 0.1) is 11.1 Å². The first-order valence-corrected chi connectivity index (χ1v) is 6.05. The van der Waals surface area contributed by atoms with Gasteiger partial charge in [-0.05, 0) is 6.07 Å². The number of nitrogens with zero attached hydrogens (tertiary/aromatic N) is 3. The molecule has 0 radical (unpaired) electrons. The second-order valence-electron chi connectivity index (χ2n) is 3.18. The van der Waals surface area contributed by atoms with Crippen LogP contribution in [0.3, 0.4) is 0 Å². The number of benzene rings is 1. The van der Waals surface area contributed by atoms with Crippen LogP contribution in [0.4, 0.5) is 10.8 Å². The van der Waals surface area contributed by atoms with Crippen molar-refractivity contribution in [1.82, 2.24) is 4.98 Å². The molecular formula is C10H7ClN4O2S. The minimum Gasteiger partial charge on any atom is -0.258 e. The molecule has 0 fully saturated rings. The molecule has 0 unspecified atom stereocenters. The first-order chi connectivity index (χ1) is 8.66. The Morgan fingerprint density at radius 2 is 2.39 bits per heavy atom. The van der Waals surface area contributed by atoms with Crippen molar-refractivity contribution in [3.05, 3.63) is 50.5 Å². The van der Waals surface area contributed by atoms with Crippen LogP contribution in [0.25, 0.3) is 0 Å². The van der Waals surface area contributed by atoms with Gasteiger partial charge in [-0.1, -0.05) is 17.7 Å². The van der Waals surface area contributed by atoms with Gasteiger partial charge in [0.15, 0.2) is 0 Å². The monoisotopic (exact) mass is 282 g/mol. The van der Waals surface area contributed by atoms with Crippen molar-refractivity contribution in [1.29, 1.82) is 0 Å². The third kappa shape index (κ3) is 3.02. The predicted octanol–water partition coefficient (Wildman–Crippen LogP) is 3.15. The topological polar surface area (TPSA) is 80.4 Å². The van der Waals surface area contributed by atoms with Crippen molar-refractivity contribution < 1.29 is 4.92 Å². The normalized spacial score (nSPS) is 10.7. The molecule has 0 saturated carbocycles. The summed E-state index contributed by atoms with van der Waals surface area (Å²) in [7, 11) is 0. The van der Waals surface area contributed by atoms with Gasteiger partial charge in [-0.3, -0.25) is 15.5 Å². The molecule has 0 aliphatic carbocycles. The number of thiazole rings is 1. The van der Waals surface area contributed by atoms with Crippen LogP contribution < -0.4 is 5.43 Å². The molecule has 0 amide bonds. The minimum absolute atomic E-state index is 0.102. The predicted molar refractivity (Wildman–Crippen MR) is 71.4 cm³/mol. The number of nitro benzene ring substituents is 1. The number of hydrogen-bond donors (Lipinski definition) is 1. The quantitative estimate of drug-likeness (QED) is 0.531. The van der Waals surface area contributed by atoms with Gasteiger partial charge in [0, 0.05) is 23.2 Å². The summed E-state index contributed by atoms with van der Waals surface area (Å²) in [4.78, 5) is 14.1. The number of hydrogen-bond acceptors (Lipinski definition) is 6. The fourth-order valence-electron chi connectivity index (χ4n) is 1.19. The highest BCUT2D eigenvalue weighted by molar-refractivity contribution is 7.13. The number of nitro groups is 1. The highest BCUT2D eigenvalue weighted by Crippen LogP contribution is 2.24. The van der Waals surface area contributed by atoms with E-state index >= 15 is 0 Å². The number of hydrazone groups is 1. The second-order valence-corrected chi connectivity index (χ2v) is 4.48. The second kappa shape index (κ2) is 5.56. The summed E-state index contributed by atoms with van der Waals surface area (Å²) in [5.41, 5.74) is 3.15. The van der Waals surface area contributed by atoms with Crippen LogP contribution >= 0.6 is 22.9 Å². The fourth-order valence-corrected chi connectivity index (χ4v) is 1.85. The Morgan fingerprint density at radius 3 is 3.06 bits per heavy atom. The number of halogens is 1. The highest BCUT2D eigenvalue weighted by atomic mass is 35.5. The van der Waals surface area contributed by atoms with Crippen LogP contribution in [0.15, 0.2) is 34.9 Å². The summed E-state index contributed by atoms with van der Waals surface area (Å²) in [6.45, 7) is 0. The Morgan fingerprint density at radius 1 is 1.56 bits per heavy atom. The van der Waals surface area contributed by atoms with Crippen LogP contribution in [0.1, 0.15) is 5.56 Å². The molecular weight excluding hydrogens is 276 g/mol. The third-order valence-electron chi connectivity index (χ3n) is 1.97. The smallest absolute Gasteiger partial charge is 0.258 e. The largest absolute Gasteiger partial charge is 0.288 e. The van der Waals surface area contributed by atoms with Crippen molar-refractivity contribution in [2.24, 2.45) is 5.10 Å². The van der Waals surface area contributed by atoms with Gasteiger partial charge in [0.25, 0.3) is 5.69 Å². The molecule has 1 aromatic carbocycles. The lowest BCUT2D eigenvalue weighted by Crippen LogP contribution is -1.93. The Bertz CT molecular complexity index is 586. The molecule has 0 aliphatic rings. The Balaban J connectivity index is 2.12. The summed E-state index contributed by atoms with van der Waals surface area (Å²) in [5.74, 6) is 0. The Labute approximate surface area is 111 Å². The maximum absolute atomic E-state index is 10.7. The van der Waals surface area contributed by atoms with Gasteiger partial charge >= 0.3 is 0 Å². The van der Waals surface area contributed by atoms with E-state index in [0.717, 1.165) is 0 Å². The Hall–Kier alpha value is -1.99. The standard InChI is InChI=1S/C10H7ClN4O2S/c11-8-2-1-7(5-9(8)15(16)17)6-13-14-10-12-3-4-18-10/h1-6H,(H,12,14)/b13-6+. The molecule has 1 N–H and O–H groups in total. The molecule has 0 saturated heterocycles. The van der Waals surface area contributed by atoms with Gasteiger partial charge in [-0.15, -0.1) is 11.3 Å². The average Bonchev–Trinajstić information content (AvgIpc) is 2.84. The van der Waals surface area contributed by atoms with Gasteiger partial charge in [-0.25, -0.2) is 4.98 Å². The first kappa shape index (κ1) is 12.5. The summed E-state index contributed by atoms with van der Waals surface area (Å²) in [5, 5.41) is 17.2. The number of aromatic nitrogens is 1. The lowest BCUT2D eigenvalue weighted by Gasteiger charge is -1.97. The molecule has 18 heavy (non-hydrogen) atoms. The van der Waals surface area contributed by atoms with Crippen LogP contribution in [0.5, 0.6) is 0 Å². The zero-order valence-electron chi connectivity index (χ0n) is 8.91. The maximum atomic E-state index is 10.7. The first-order valence-electron chi connectivity index (χ1n) is 4.79. The van der Waals surface area contributed by atoms with Crippen LogP contribution in [-0.4, -0.2) is 16.1 Å². The number of nitrogens with one attached hydrogen (secondary N) is 1. The SMILES string of the molecule is O=[N+]([O-])c1cc(/C=N/Nc2nccs2)ccc1Cl. The van der Waals surface area contributed by atoms with E-state index in [2.05, 4.69) is 15.5 Å².